The molecular weight excluding hydrogens is 669 g/mol. The van der Waals surface area contributed by atoms with Crippen LogP contribution in [0.1, 0.15) is 0 Å². The number of hydrogen-bond donors (Lipinski definition) is 0. The smallest absolute Gasteiger partial charge is 0.160 e. The first kappa shape index (κ1) is 32.3. The van der Waals surface area contributed by atoms with Crippen LogP contribution in [0.25, 0.3) is 100 Å². The van der Waals surface area contributed by atoms with Crippen molar-refractivity contribution in [2.24, 2.45) is 0 Å². The third kappa shape index (κ3) is 6.08. The molecule has 0 fully saturated rings. The third-order valence-corrected chi connectivity index (χ3v) is 10.3. The van der Waals surface area contributed by atoms with Crippen molar-refractivity contribution < 1.29 is 4.42 Å². The molecule has 8 aromatic carbocycles. The quantitative estimate of drug-likeness (QED) is 0.166. The van der Waals surface area contributed by atoms with Gasteiger partial charge in [-0.25, -0.2) is 9.97 Å². The van der Waals surface area contributed by atoms with Gasteiger partial charge in [0, 0.05) is 27.5 Å². The Labute approximate surface area is 319 Å². The average molecular weight is 703 g/mol. The lowest BCUT2D eigenvalue weighted by atomic mass is 9.89. The molecule has 0 aliphatic rings. The van der Waals surface area contributed by atoms with Crippen LogP contribution in [0.4, 0.5) is 0 Å². The van der Waals surface area contributed by atoms with Crippen molar-refractivity contribution in [1.29, 1.82) is 0 Å². The highest BCUT2D eigenvalue weighted by molar-refractivity contribution is 6.14. The monoisotopic (exact) mass is 702 g/mol. The number of furan rings is 1. The minimum absolute atomic E-state index is 0.679. The zero-order valence-corrected chi connectivity index (χ0v) is 29.9. The molecule has 55 heavy (non-hydrogen) atoms. The fraction of sp³-hybridized carbons (Fsp3) is 0. The Kier molecular flexibility index (Phi) is 8.16. The highest BCUT2D eigenvalue weighted by Gasteiger charge is 2.19. The summed E-state index contributed by atoms with van der Waals surface area (Å²) in [6.07, 6.45) is 0. The summed E-state index contributed by atoms with van der Waals surface area (Å²) in [5.41, 5.74) is 15.6. The molecule has 0 saturated heterocycles. The van der Waals surface area contributed by atoms with Crippen LogP contribution in [0.15, 0.2) is 211 Å². The molecule has 0 bridgehead atoms. The zero-order valence-electron chi connectivity index (χ0n) is 29.9. The first-order chi connectivity index (χ1) is 27.3. The second-order valence-electron chi connectivity index (χ2n) is 13.7. The lowest BCUT2D eigenvalue weighted by Crippen LogP contribution is -1.97. The molecule has 0 spiro atoms. The van der Waals surface area contributed by atoms with Crippen molar-refractivity contribution in [3.8, 4) is 78.4 Å². The van der Waals surface area contributed by atoms with E-state index in [2.05, 4.69) is 176 Å². The van der Waals surface area contributed by atoms with Gasteiger partial charge in [0.25, 0.3) is 0 Å². The maximum atomic E-state index is 6.36. The number of fused-ring (bicyclic) bond motifs is 3. The Morgan fingerprint density at radius 2 is 0.764 bits per heavy atom. The van der Waals surface area contributed by atoms with E-state index in [0.717, 1.165) is 83.4 Å². The zero-order chi connectivity index (χ0) is 36.6. The van der Waals surface area contributed by atoms with Crippen LogP contribution in [0, 0.1) is 0 Å². The molecule has 3 nitrogen and oxygen atoms in total. The fourth-order valence-electron chi connectivity index (χ4n) is 7.68. The van der Waals surface area contributed by atoms with Crippen molar-refractivity contribution >= 4 is 21.9 Å². The largest absolute Gasteiger partial charge is 0.456 e. The highest BCUT2D eigenvalue weighted by atomic mass is 16.3. The van der Waals surface area contributed by atoms with Gasteiger partial charge in [-0.2, -0.15) is 0 Å². The van der Waals surface area contributed by atoms with Gasteiger partial charge in [0.15, 0.2) is 5.82 Å². The van der Waals surface area contributed by atoms with E-state index in [9.17, 15) is 0 Å². The predicted octanol–water partition coefficient (Wildman–Crippen LogP) is 14.0. The van der Waals surface area contributed by atoms with Crippen molar-refractivity contribution in [3.05, 3.63) is 206 Å². The van der Waals surface area contributed by atoms with Crippen LogP contribution in [-0.2, 0) is 0 Å². The van der Waals surface area contributed by atoms with Gasteiger partial charge < -0.3 is 4.42 Å². The summed E-state index contributed by atoms with van der Waals surface area (Å²) in [4.78, 5) is 10.5. The minimum atomic E-state index is 0.679. The predicted molar refractivity (Wildman–Crippen MR) is 227 cm³/mol. The number of para-hydroxylation sites is 1. The molecule has 10 aromatic rings. The van der Waals surface area contributed by atoms with Gasteiger partial charge in [0.05, 0.1) is 11.4 Å². The molecule has 258 valence electrons. The molecule has 0 amide bonds. The van der Waals surface area contributed by atoms with E-state index in [4.69, 9.17) is 14.4 Å². The summed E-state index contributed by atoms with van der Waals surface area (Å²) in [6, 6.07) is 72.2. The Bertz CT molecular complexity index is 2950. The highest BCUT2D eigenvalue weighted by Crippen LogP contribution is 2.43. The van der Waals surface area contributed by atoms with Gasteiger partial charge in [-0.3, -0.25) is 0 Å². The van der Waals surface area contributed by atoms with Gasteiger partial charge in [-0.05, 0) is 74.8 Å². The molecule has 0 atom stereocenters. The van der Waals surface area contributed by atoms with Gasteiger partial charge in [0.2, 0.25) is 0 Å². The number of rotatable bonds is 7. The summed E-state index contributed by atoms with van der Waals surface area (Å²) >= 11 is 0. The lowest BCUT2D eigenvalue weighted by Gasteiger charge is -2.16. The molecule has 0 aliphatic heterocycles. The van der Waals surface area contributed by atoms with Gasteiger partial charge in [0.1, 0.15) is 11.2 Å². The van der Waals surface area contributed by atoms with Crippen LogP contribution in [0.3, 0.4) is 0 Å². The molecular formula is C52H34N2O. The fourth-order valence-corrected chi connectivity index (χ4v) is 7.68. The lowest BCUT2D eigenvalue weighted by molar-refractivity contribution is 0.669. The molecule has 0 radical (unpaired) electrons. The van der Waals surface area contributed by atoms with Crippen LogP contribution in [-0.4, -0.2) is 9.97 Å². The molecule has 0 N–H and O–H groups in total. The first-order valence-electron chi connectivity index (χ1n) is 18.6. The SMILES string of the molecule is c1ccc(-c2nc(-c3ccc(-c4ccccc4)c(-c4ccccc4)c3)cc(-c3ccc(-c4ccccc4)c(-c4cccc5oc6ccccc6c45)c3)n2)cc1. The summed E-state index contributed by atoms with van der Waals surface area (Å²) in [5, 5.41) is 2.20. The van der Waals surface area contributed by atoms with Crippen LogP contribution >= 0.6 is 0 Å². The van der Waals surface area contributed by atoms with Gasteiger partial charge in [-0.1, -0.05) is 176 Å². The Morgan fingerprint density at radius 1 is 0.291 bits per heavy atom. The van der Waals surface area contributed by atoms with E-state index in [1.807, 2.05) is 30.3 Å². The van der Waals surface area contributed by atoms with E-state index in [1.54, 1.807) is 0 Å². The Hall–Kier alpha value is -7.36. The number of hydrogen-bond acceptors (Lipinski definition) is 3. The van der Waals surface area contributed by atoms with Gasteiger partial charge >= 0.3 is 0 Å². The Balaban J connectivity index is 1.19. The Morgan fingerprint density at radius 3 is 1.36 bits per heavy atom. The minimum Gasteiger partial charge on any atom is -0.456 e. The maximum Gasteiger partial charge on any atom is 0.160 e. The summed E-state index contributed by atoms with van der Waals surface area (Å²) in [5.74, 6) is 0.679. The second kappa shape index (κ2) is 13.9. The van der Waals surface area contributed by atoms with E-state index in [-0.39, 0.29) is 0 Å². The molecule has 0 unspecified atom stereocenters. The molecule has 3 heteroatoms. The van der Waals surface area contributed by atoms with E-state index >= 15 is 0 Å². The van der Waals surface area contributed by atoms with Crippen molar-refractivity contribution in [2.45, 2.75) is 0 Å². The summed E-state index contributed by atoms with van der Waals surface area (Å²) in [6.45, 7) is 0. The first-order valence-corrected chi connectivity index (χ1v) is 18.6. The molecule has 0 saturated carbocycles. The molecule has 0 aliphatic carbocycles. The van der Waals surface area contributed by atoms with Crippen molar-refractivity contribution in [1.82, 2.24) is 9.97 Å². The number of nitrogens with zero attached hydrogens (tertiary/aromatic N) is 2. The van der Waals surface area contributed by atoms with E-state index in [1.165, 1.54) is 11.1 Å². The molecule has 2 aromatic heterocycles. The number of aromatic nitrogens is 2. The molecule has 2 heterocycles. The summed E-state index contributed by atoms with van der Waals surface area (Å²) < 4.78 is 6.36. The van der Waals surface area contributed by atoms with Crippen molar-refractivity contribution in [3.63, 3.8) is 0 Å². The maximum absolute atomic E-state index is 6.36. The van der Waals surface area contributed by atoms with Gasteiger partial charge in [-0.15, -0.1) is 0 Å². The van der Waals surface area contributed by atoms with Crippen LogP contribution in [0.5, 0.6) is 0 Å². The number of benzene rings is 8. The van der Waals surface area contributed by atoms with Crippen LogP contribution in [0.2, 0.25) is 0 Å². The third-order valence-electron chi connectivity index (χ3n) is 10.3. The normalized spacial score (nSPS) is 11.3. The topological polar surface area (TPSA) is 38.9 Å². The molecule has 10 rings (SSSR count). The second-order valence-corrected chi connectivity index (χ2v) is 13.7. The van der Waals surface area contributed by atoms with E-state index in [0.29, 0.717) is 5.82 Å². The summed E-state index contributed by atoms with van der Waals surface area (Å²) in [7, 11) is 0. The van der Waals surface area contributed by atoms with E-state index < -0.39 is 0 Å². The van der Waals surface area contributed by atoms with Crippen LogP contribution < -0.4 is 0 Å². The average Bonchev–Trinajstić information content (AvgIpc) is 3.66. The standard InChI is InChI=1S/C52H34N2O/c1-5-16-35(17-6-1)41-30-28-39(32-45(41)37-20-9-3-10-21-37)47-34-48(54-52(53-47)38-22-11-4-12-23-38)40-29-31-42(36-18-7-2-8-19-36)46(33-40)43-25-15-27-50-51(43)44-24-13-14-26-49(44)55-50/h1-34H. The van der Waals surface area contributed by atoms with Crippen molar-refractivity contribution in [2.75, 3.05) is 0 Å².